The number of hydrogen-bond donors (Lipinski definition) is 1. The highest BCUT2D eigenvalue weighted by Gasteiger charge is 2.46. The predicted octanol–water partition coefficient (Wildman–Crippen LogP) is 5.12. The highest BCUT2D eigenvalue weighted by Crippen LogP contribution is 2.38. The van der Waals surface area contributed by atoms with E-state index in [4.69, 9.17) is 6.57 Å². The normalized spacial score (nSPS) is 15.3. The molecule has 4 heterocycles. The van der Waals surface area contributed by atoms with Crippen molar-refractivity contribution in [1.82, 2.24) is 24.6 Å². The molecule has 0 amide bonds. The van der Waals surface area contributed by atoms with Crippen molar-refractivity contribution in [2.45, 2.75) is 17.8 Å². The van der Waals surface area contributed by atoms with Gasteiger partial charge in [-0.15, -0.1) is 4.98 Å². The molecule has 0 radical (unpaired) electrons. The molecule has 0 atom stereocenters. The van der Waals surface area contributed by atoms with E-state index in [1.165, 1.54) is 36.7 Å². The Morgan fingerprint density at radius 1 is 0.947 bits per heavy atom. The molecule has 1 aliphatic rings. The van der Waals surface area contributed by atoms with Gasteiger partial charge < -0.3 is 15.1 Å². The Hall–Kier alpha value is -4.48. The summed E-state index contributed by atoms with van der Waals surface area (Å²) in [7, 11) is 0. The number of fused-ring (bicyclic) bond motifs is 1. The number of benzene rings is 1. The van der Waals surface area contributed by atoms with E-state index in [-0.39, 0.29) is 31.3 Å². The van der Waals surface area contributed by atoms with Gasteiger partial charge in [-0.3, -0.25) is 0 Å². The first-order chi connectivity index (χ1) is 17.9. The van der Waals surface area contributed by atoms with Crippen molar-refractivity contribution < 1.29 is 30.7 Å². The largest absolute Gasteiger partial charge is 0.435 e. The monoisotopic (exact) mass is 536 g/mol. The number of halogens is 7. The highest BCUT2D eigenvalue weighted by atomic mass is 19.4. The van der Waals surface area contributed by atoms with E-state index in [1.54, 1.807) is 4.90 Å². The molecule has 4 aromatic rings. The topological polar surface area (TPSA) is 75.6 Å². The van der Waals surface area contributed by atoms with Crippen LogP contribution < -0.4 is 10.2 Å². The molecule has 8 nitrogen and oxygen atoms in total. The smallest absolute Gasteiger partial charge is 0.369 e. The van der Waals surface area contributed by atoms with Gasteiger partial charge >= 0.3 is 12.4 Å². The Kier molecular flexibility index (Phi) is 5.85. The molecule has 0 aliphatic carbocycles. The van der Waals surface area contributed by atoms with Gasteiger partial charge in [0.2, 0.25) is 0 Å². The summed E-state index contributed by atoms with van der Waals surface area (Å²) in [6.07, 6.45) is -7.11. The van der Waals surface area contributed by atoms with Gasteiger partial charge in [0, 0.05) is 37.2 Å². The molecular weight excluding hydrogens is 521 g/mol. The lowest BCUT2D eigenvalue weighted by molar-refractivity contribution is -0.142. The minimum Gasteiger partial charge on any atom is -0.369 e. The second-order valence-electron chi connectivity index (χ2n) is 8.66. The number of alkyl halides is 6. The van der Waals surface area contributed by atoms with E-state index < -0.39 is 40.6 Å². The molecular formula is C23H15F7N8. The third-order valence-electron chi connectivity index (χ3n) is 6.12. The maximum Gasteiger partial charge on any atom is 0.435 e. The van der Waals surface area contributed by atoms with Crippen LogP contribution >= 0.6 is 0 Å². The molecule has 196 valence electrons. The number of rotatable bonds is 5. The molecule has 5 rings (SSSR count). The molecule has 0 unspecified atom stereocenters. The summed E-state index contributed by atoms with van der Waals surface area (Å²) in [5, 5.41) is 6.22. The van der Waals surface area contributed by atoms with Gasteiger partial charge in [-0.2, -0.15) is 36.0 Å². The van der Waals surface area contributed by atoms with Gasteiger partial charge in [-0.25, -0.2) is 14.4 Å². The van der Waals surface area contributed by atoms with Gasteiger partial charge in [-0.1, -0.05) is 18.7 Å². The fourth-order valence-corrected chi connectivity index (χ4v) is 4.23. The highest BCUT2D eigenvalue weighted by molar-refractivity contribution is 5.54. The molecule has 15 heteroatoms. The van der Waals surface area contributed by atoms with E-state index >= 15 is 0 Å². The summed E-state index contributed by atoms with van der Waals surface area (Å²) in [6.45, 7) is 7.48. The number of aromatic nitrogens is 5. The Labute approximate surface area is 209 Å². The Bertz CT molecular complexity index is 1510. The van der Waals surface area contributed by atoms with E-state index in [0.717, 1.165) is 0 Å². The van der Waals surface area contributed by atoms with E-state index in [1.807, 2.05) is 0 Å². The first-order valence-corrected chi connectivity index (χ1v) is 10.9. The van der Waals surface area contributed by atoms with Crippen LogP contribution in [0.2, 0.25) is 0 Å². The van der Waals surface area contributed by atoms with Crippen molar-refractivity contribution in [3.05, 3.63) is 83.0 Å². The lowest BCUT2D eigenvalue weighted by Crippen LogP contribution is -2.63. The van der Waals surface area contributed by atoms with Gasteiger partial charge in [0.1, 0.15) is 11.6 Å². The molecule has 1 fully saturated rings. The van der Waals surface area contributed by atoms with Gasteiger partial charge in [-0.05, 0) is 17.7 Å². The van der Waals surface area contributed by atoms with Crippen LogP contribution in [-0.4, -0.2) is 44.2 Å². The first-order valence-electron chi connectivity index (χ1n) is 10.9. The van der Waals surface area contributed by atoms with Crippen LogP contribution in [0.5, 0.6) is 0 Å². The van der Waals surface area contributed by atoms with E-state index in [0.29, 0.717) is 28.0 Å². The quantitative estimate of drug-likeness (QED) is 0.282. The molecule has 0 spiro atoms. The number of nitrogens with zero attached hydrogens (tertiary/aromatic N) is 7. The van der Waals surface area contributed by atoms with Crippen LogP contribution in [0.1, 0.15) is 17.0 Å². The van der Waals surface area contributed by atoms with Crippen molar-refractivity contribution in [2.75, 3.05) is 29.9 Å². The van der Waals surface area contributed by atoms with Crippen LogP contribution in [0, 0.1) is 12.4 Å². The van der Waals surface area contributed by atoms with Gasteiger partial charge in [0.25, 0.3) is 5.82 Å². The number of nitrogens with one attached hydrogen (secondary N) is 1. The van der Waals surface area contributed by atoms with Crippen molar-refractivity contribution in [3.63, 3.8) is 0 Å². The van der Waals surface area contributed by atoms with Crippen LogP contribution in [0.25, 0.3) is 10.5 Å². The van der Waals surface area contributed by atoms with Gasteiger partial charge in [0.15, 0.2) is 29.0 Å². The summed E-state index contributed by atoms with van der Waals surface area (Å²) in [5.74, 6) is -0.294. The predicted molar refractivity (Wildman–Crippen MR) is 120 cm³/mol. The summed E-state index contributed by atoms with van der Waals surface area (Å²) >= 11 is 0. The second-order valence-corrected chi connectivity index (χ2v) is 8.66. The maximum absolute atomic E-state index is 13.6. The summed E-state index contributed by atoms with van der Waals surface area (Å²) in [6, 6.07) is 6.55. The van der Waals surface area contributed by atoms with E-state index in [9.17, 15) is 30.7 Å². The summed E-state index contributed by atoms with van der Waals surface area (Å²) in [5.41, 5.74) is -3.55. The fourth-order valence-electron chi connectivity index (χ4n) is 4.23. The zero-order valence-corrected chi connectivity index (χ0v) is 19.0. The zero-order chi connectivity index (χ0) is 27.3. The third kappa shape index (κ3) is 4.64. The zero-order valence-electron chi connectivity index (χ0n) is 19.0. The lowest BCUT2D eigenvalue weighted by Gasteiger charge is -2.51. The van der Waals surface area contributed by atoms with Crippen molar-refractivity contribution >= 4 is 23.1 Å². The number of hydrogen-bond acceptors (Lipinski definition) is 6. The molecule has 0 bridgehead atoms. The minimum absolute atomic E-state index is 0.0413. The van der Waals surface area contributed by atoms with Crippen LogP contribution in [-0.2, 0) is 17.8 Å². The minimum atomic E-state index is -4.92. The maximum atomic E-state index is 13.6. The fraction of sp³-hybridized carbons (Fsp3) is 0.261. The Balaban J connectivity index is 1.49. The molecule has 3 aromatic heterocycles. The molecule has 38 heavy (non-hydrogen) atoms. The molecule has 1 saturated heterocycles. The average molecular weight is 536 g/mol. The van der Waals surface area contributed by atoms with Crippen LogP contribution in [0.3, 0.4) is 0 Å². The number of anilines is 2. The summed E-state index contributed by atoms with van der Waals surface area (Å²) < 4.78 is 94.4. The molecule has 1 aliphatic heterocycles. The standard InChI is InChI=1S/C23H15F7N8/c1-31-17-8-33-20(9-32-17)37-11-21(12-37,13-2-4-14(24)5-3-13)10-34-18-6-15(22(25,26)27)35-19-7-16(23(28,29)30)36-38(18)19/h2-9,34H,10-12H2. The van der Waals surface area contributed by atoms with Crippen LogP contribution in [0.15, 0.2) is 48.8 Å². The van der Waals surface area contributed by atoms with E-state index in [2.05, 4.69) is 30.2 Å². The average Bonchev–Trinajstić information content (AvgIpc) is 3.29. The summed E-state index contributed by atoms with van der Waals surface area (Å²) in [4.78, 5) is 16.4. The molecule has 0 saturated carbocycles. The van der Waals surface area contributed by atoms with Crippen molar-refractivity contribution in [2.24, 2.45) is 0 Å². The van der Waals surface area contributed by atoms with Crippen LogP contribution in [0.4, 0.5) is 48.2 Å². The van der Waals surface area contributed by atoms with Crippen molar-refractivity contribution in [1.29, 1.82) is 0 Å². The molecule has 1 aromatic carbocycles. The second kappa shape index (κ2) is 8.82. The first kappa shape index (κ1) is 25.2. The molecule has 1 N–H and O–H groups in total. The SMILES string of the molecule is [C-]#[N+]c1cnc(N2CC(CNc3cc(C(F)(F)F)nc4cc(C(F)(F)F)nn34)(c3ccc(F)cc3)C2)cn1. The van der Waals surface area contributed by atoms with Gasteiger partial charge in [0.05, 0.1) is 6.20 Å². The third-order valence-corrected chi connectivity index (χ3v) is 6.12. The van der Waals surface area contributed by atoms with Crippen molar-refractivity contribution in [3.8, 4) is 0 Å². The Morgan fingerprint density at radius 3 is 2.21 bits per heavy atom. The lowest BCUT2D eigenvalue weighted by atomic mass is 9.73. The Morgan fingerprint density at radius 2 is 1.63 bits per heavy atom.